The van der Waals surface area contributed by atoms with Gasteiger partial charge in [-0.05, 0) is 30.9 Å². The van der Waals surface area contributed by atoms with Crippen molar-refractivity contribution in [3.8, 4) is 0 Å². The van der Waals surface area contributed by atoms with Gasteiger partial charge in [0.05, 0.1) is 6.54 Å². The van der Waals surface area contributed by atoms with Crippen molar-refractivity contribution in [1.29, 1.82) is 0 Å². The SMILES string of the molecule is CC1CCCC(C(=O)CNc2ccccc2)C1. The number of carbonyl (C=O) groups is 1. The van der Waals surface area contributed by atoms with Gasteiger partial charge in [-0.2, -0.15) is 0 Å². The highest BCUT2D eigenvalue weighted by molar-refractivity contribution is 5.85. The minimum absolute atomic E-state index is 0.287. The lowest BCUT2D eigenvalue weighted by atomic mass is 9.80. The number of benzene rings is 1. The van der Waals surface area contributed by atoms with Crippen LogP contribution in [0.15, 0.2) is 30.3 Å². The van der Waals surface area contributed by atoms with E-state index in [1.165, 1.54) is 12.8 Å². The predicted molar refractivity (Wildman–Crippen MR) is 71.1 cm³/mol. The maximum atomic E-state index is 12.1. The fourth-order valence-electron chi connectivity index (χ4n) is 2.62. The molecule has 1 N–H and O–H groups in total. The monoisotopic (exact) mass is 231 g/mol. The molecule has 2 unspecified atom stereocenters. The van der Waals surface area contributed by atoms with E-state index < -0.39 is 0 Å². The molecular weight excluding hydrogens is 210 g/mol. The lowest BCUT2D eigenvalue weighted by Crippen LogP contribution is -2.27. The molecule has 2 nitrogen and oxygen atoms in total. The zero-order valence-corrected chi connectivity index (χ0v) is 10.5. The van der Waals surface area contributed by atoms with Gasteiger partial charge in [0.1, 0.15) is 0 Å². The zero-order chi connectivity index (χ0) is 12.1. The van der Waals surface area contributed by atoms with E-state index in [0.29, 0.717) is 12.3 Å². The van der Waals surface area contributed by atoms with Crippen LogP contribution in [0.3, 0.4) is 0 Å². The lowest BCUT2D eigenvalue weighted by molar-refractivity contribution is -0.122. The molecule has 2 heteroatoms. The standard InChI is InChI=1S/C15H21NO/c1-12-6-5-7-13(10-12)15(17)11-16-14-8-3-2-4-9-14/h2-4,8-9,12-13,16H,5-7,10-11H2,1H3. The molecule has 1 aromatic carbocycles. The van der Waals surface area contributed by atoms with Crippen LogP contribution in [-0.4, -0.2) is 12.3 Å². The quantitative estimate of drug-likeness (QED) is 0.859. The Balaban J connectivity index is 1.81. The van der Waals surface area contributed by atoms with E-state index >= 15 is 0 Å². The van der Waals surface area contributed by atoms with Gasteiger partial charge in [-0.15, -0.1) is 0 Å². The van der Waals surface area contributed by atoms with Crippen molar-refractivity contribution in [2.24, 2.45) is 11.8 Å². The second-order valence-electron chi connectivity index (χ2n) is 5.15. The lowest BCUT2D eigenvalue weighted by Gasteiger charge is -2.25. The summed E-state index contributed by atoms with van der Waals surface area (Å²) in [6.45, 7) is 2.73. The fraction of sp³-hybridized carbons (Fsp3) is 0.533. The van der Waals surface area contributed by atoms with Gasteiger partial charge in [0.25, 0.3) is 0 Å². The largest absolute Gasteiger partial charge is 0.378 e. The van der Waals surface area contributed by atoms with E-state index in [0.717, 1.165) is 24.4 Å². The van der Waals surface area contributed by atoms with Crippen LogP contribution in [0, 0.1) is 11.8 Å². The third-order valence-electron chi connectivity index (χ3n) is 3.63. The summed E-state index contributed by atoms with van der Waals surface area (Å²) in [6.07, 6.45) is 4.66. The molecule has 2 atom stereocenters. The van der Waals surface area contributed by atoms with Crippen molar-refractivity contribution in [2.45, 2.75) is 32.6 Å². The molecule has 92 valence electrons. The highest BCUT2D eigenvalue weighted by atomic mass is 16.1. The van der Waals surface area contributed by atoms with E-state index in [1.54, 1.807) is 0 Å². The number of anilines is 1. The van der Waals surface area contributed by atoms with Crippen LogP contribution in [0.1, 0.15) is 32.6 Å². The first-order valence-corrected chi connectivity index (χ1v) is 6.57. The summed E-state index contributed by atoms with van der Waals surface area (Å²) in [5.41, 5.74) is 1.03. The van der Waals surface area contributed by atoms with Crippen LogP contribution >= 0.6 is 0 Å². The first kappa shape index (κ1) is 12.2. The third-order valence-corrected chi connectivity index (χ3v) is 3.63. The molecule has 0 aliphatic heterocycles. The van der Waals surface area contributed by atoms with Gasteiger partial charge in [-0.1, -0.05) is 38.0 Å². The summed E-state index contributed by atoms with van der Waals surface area (Å²) < 4.78 is 0. The van der Waals surface area contributed by atoms with Crippen LogP contribution in [-0.2, 0) is 4.79 Å². The summed E-state index contributed by atoms with van der Waals surface area (Å²) in [5, 5.41) is 3.21. The average molecular weight is 231 g/mol. The van der Waals surface area contributed by atoms with E-state index in [4.69, 9.17) is 0 Å². The van der Waals surface area contributed by atoms with Crippen LogP contribution in [0.2, 0.25) is 0 Å². The van der Waals surface area contributed by atoms with Crippen LogP contribution in [0.4, 0.5) is 5.69 Å². The van der Waals surface area contributed by atoms with E-state index in [2.05, 4.69) is 12.2 Å². The number of carbonyl (C=O) groups excluding carboxylic acids is 1. The second-order valence-corrected chi connectivity index (χ2v) is 5.15. The maximum absolute atomic E-state index is 12.1. The fourth-order valence-corrected chi connectivity index (χ4v) is 2.62. The molecule has 0 radical (unpaired) electrons. The normalized spacial score (nSPS) is 24.3. The Labute approximate surface area is 103 Å². The van der Waals surface area contributed by atoms with Gasteiger partial charge in [0.15, 0.2) is 5.78 Å². The smallest absolute Gasteiger partial charge is 0.154 e. The summed E-state index contributed by atoms with van der Waals surface area (Å²) in [5.74, 6) is 1.38. The van der Waals surface area contributed by atoms with Crippen molar-refractivity contribution < 1.29 is 4.79 Å². The first-order valence-electron chi connectivity index (χ1n) is 6.57. The maximum Gasteiger partial charge on any atom is 0.154 e. The Morgan fingerprint density at radius 3 is 2.76 bits per heavy atom. The Morgan fingerprint density at radius 2 is 2.06 bits per heavy atom. The molecule has 1 fully saturated rings. The minimum atomic E-state index is 0.287. The number of hydrogen-bond acceptors (Lipinski definition) is 2. The Hall–Kier alpha value is -1.31. The third kappa shape index (κ3) is 3.58. The van der Waals surface area contributed by atoms with Crippen LogP contribution < -0.4 is 5.32 Å². The van der Waals surface area contributed by atoms with Gasteiger partial charge in [0.2, 0.25) is 0 Å². The second kappa shape index (κ2) is 5.85. The van der Waals surface area contributed by atoms with Crippen molar-refractivity contribution in [2.75, 3.05) is 11.9 Å². The number of hydrogen-bond donors (Lipinski definition) is 1. The highest BCUT2D eigenvalue weighted by Crippen LogP contribution is 2.29. The minimum Gasteiger partial charge on any atom is -0.378 e. The Bertz CT molecular complexity index is 360. The molecule has 2 rings (SSSR count). The molecule has 0 bridgehead atoms. The number of rotatable bonds is 4. The molecule has 1 aliphatic rings. The summed E-state index contributed by atoms with van der Waals surface area (Å²) in [7, 11) is 0. The number of para-hydroxylation sites is 1. The van der Waals surface area contributed by atoms with E-state index in [1.807, 2.05) is 30.3 Å². The predicted octanol–water partition coefficient (Wildman–Crippen LogP) is 3.49. The van der Waals surface area contributed by atoms with Crippen molar-refractivity contribution in [1.82, 2.24) is 0 Å². The van der Waals surface area contributed by atoms with Crippen molar-refractivity contribution >= 4 is 11.5 Å². The molecule has 1 aliphatic carbocycles. The van der Waals surface area contributed by atoms with Gasteiger partial charge in [-0.3, -0.25) is 4.79 Å². The first-order chi connectivity index (χ1) is 8.25. The number of ketones is 1. The number of Topliss-reactive ketones (excluding diaryl/α,β-unsaturated/α-hetero) is 1. The molecule has 0 amide bonds. The van der Waals surface area contributed by atoms with Gasteiger partial charge in [-0.25, -0.2) is 0 Å². The topological polar surface area (TPSA) is 29.1 Å². The van der Waals surface area contributed by atoms with Gasteiger partial charge >= 0.3 is 0 Å². The molecule has 0 saturated heterocycles. The summed E-state index contributed by atoms with van der Waals surface area (Å²) in [6, 6.07) is 9.94. The summed E-state index contributed by atoms with van der Waals surface area (Å²) in [4.78, 5) is 12.1. The van der Waals surface area contributed by atoms with Crippen molar-refractivity contribution in [3.63, 3.8) is 0 Å². The van der Waals surface area contributed by atoms with Crippen LogP contribution in [0.5, 0.6) is 0 Å². The average Bonchev–Trinajstić information content (AvgIpc) is 2.37. The Kier molecular flexibility index (Phi) is 4.18. The molecular formula is C15H21NO. The highest BCUT2D eigenvalue weighted by Gasteiger charge is 2.24. The van der Waals surface area contributed by atoms with E-state index in [9.17, 15) is 4.79 Å². The molecule has 0 heterocycles. The Morgan fingerprint density at radius 1 is 1.29 bits per heavy atom. The molecule has 17 heavy (non-hydrogen) atoms. The molecule has 1 aromatic rings. The van der Waals surface area contributed by atoms with E-state index in [-0.39, 0.29) is 5.92 Å². The summed E-state index contributed by atoms with van der Waals surface area (Å²) >= 11 is 0. The van der Waals surface area contributed by atoms with Gasteiger partial charge < -0.3 is 5.32 Å². The zero-order valence-electron chi connectivity index (χ0n) is 10.5. The van der Waals surface area contributed by atoms with Gasteiger partial charge in [0, 0.05) is 11.6 Å². The van der Waals surface area contributed by atoms with Crippen molar-refractivity contribution in [3.05, 3.63) is 30.3 Å². The number of nitrogens with one attached hydrogen (secondary N) is 1. The molecule has 0 aromatic heterocycles. The molecule has 1 saturated carbocycles. The van der Waals surface area contributed by atoms with Crippen LogP contribution in [0.25, 0.3) is 0 Å². The molecule has 0 spiro atoms.